The summed E-state index contributed by atoms with van der Waals surface area (Å²) in [7, 11) is 1.08. The molecule has 6 rings (SSSR count). The summed E-state index contributed by atoms with van der Waals surface area (Å²) < 4.78 is 0. The van der Waals surface area contributed by atoms with Gasteiger partial charge in [0.25, 0.3) is 0 Å². The molecule has 50 heavy (non-hydrogen) atoms. The predicted molar refractivity (Wildman–Crippen MR) is 222 cm³/mol. The maximum atomic E-state index is 2.40. The first kappa shape index (κ1) is 41.6. The molecular formula is C48H60HfSi-2. The van der Waals surface area contributed by atoms with Gasteiger partial charge in [0.05, 0.1) is 0 Å². The molecule has 0 nitrogen and oxygen atoms in total. The van der Waals surface area contributed by atoms with Gasteiger partial charge in [-0.1, -0.05) is 167 Å². The van der Waals surface area contributed by atoms with Gasteiger partial charge >= 0.3 is 0 Å². The van der Waals surface area contributed by atoms with Crippen LogP contribution in [0.1, 0.15) is 116 Å². The monoisotopic (exact) mass is 844 g/mol. The molecular weight excluding hydrogens is 783 g/mol. The zero-order valence-corrected chi connectivity index (χ0v) is 37.6. The molecule has 6 aromatic carbocycles. The molecule has 262 valence electrons. The average molecular weight is 844 g/mol. The molecule has 0 bridgehead atoms. The molecule has 0 spiro atoms. The molecule has 6 aromatic rings. The van der Waals surface area contributed by atoms with Crippen molar-refractivity contribution in [3.63, 3.8) is 0 Å². The van der Waals surface area contributed by atoms with Crippen LogP contribution >= 0.6 is 0 Å². The van der Waals surface area contributed by atoms with Gasteiger partial charge in [0.2, 0.25) is 0 Å². The van der Waals surface area contributed by atoms with E-state index in [2.05, 4.69) is 192 Å². The first-order valence-corrected chi connectivity index (χ1v) is 20.4. The van der Waals surface area contributed by atoms with Gasteiger partial charge in [-0.15, -0.1) is 69.1 Å². The first-order chi connectivity index (χ1) is 23.2. The van der Waals surface area contributed by atoms with Crippen molar-refractivity contribution in [3.05, 3.63) is 131 Å². The van der Waals surface area contributed by atoms with E-state index in [1.54, 1.807) is 0 Å². The second kappa shape index (κ2) is 18.1. The van der Waals surface area contributed by atoms with E-state index in [1.165, 1.54) is 78.9 Å². The minimum Gasteiger partial charge on any atom is -0.164 e. The van der Waals surface area contributed by atoms with Crippen LogP contribution in [0, 0.1) is 0 Å². The molecule has 2 atom stereocenters. The maximum absolute atomic E-state index is 2.40. The summed E-state index contributed by atoms with van der Waals surface area (Å²) in [5, 5.41) is 5.50. The van der Waals surface area contributed by atoms with Crippen LogP contribution in [-0.2, 0) is 36.7 Å². The summed E-state index contributed by atoms with van der Waals surface area (Å²) in [5.74, 6) is 1.24. The van der Waals surface area contributed by atoms with E-state index in [1.807, 2.05) is 0 Å². The van der Waals surface area contributed by atoms with E-state index >= 15 is 0 Å². The molecule has 0 aliphatic rings. The number of fused-ring (bicyclic) bond motifs is 2. The van der Waals surface area contributed by atoms with Crippen molar-refractivity contribution in [2.75, 3.05) is 0 Å². The zero-order valence-electron chi connectivity index (χ0n) is 33.0. The first-order valence-electron chi connectivity index (χ1n) is 18.4. The molecule has 2 radical (unpaired) electrons. The molecule has 0 fully saturated rings. The number of hydrogen-bond acceptors (Lipinski definition) is 0. The molecule has 0 heterocycles. The van der Waals surface area contributed by atoms with E-state index in [4.69, 9.17) is 0 Å². The fraction of sp³-hybridized carbons (Fsp3) is 0.375. The van der Waals surface area contributed by atoms with E-state index in [0.29, 0.717) is 11.8 Å². The van der Waals surface area contributed by atoms with Crippen molar-refractivity contribution in [1.82, 2.24) is 0 Å². The van der Waals surface area contributed by atoms with Crippen molar-refractivity contribution in [1.29, 1.82) is 0 Å². The maximum Gasteiger partial charge on any atom is 0.0307 e. The molecule has 0 amide bonds. The SMILES string of the molecule is CCC(C)c1cc2c(-c3ccccc3C(C)(C)C)cccc2[cH-]1.CCC(C)c1cc2c(-c3ccccc3C(C)(C)C)cccc2[cH-]1.C[Si]C.[Hf]. The van der Waals surface area contributed by atoms with Crippen LogP contribution in [0.3, 0.4) is 0 Å². The average Bonchev–Trinajstić information content (AvgIpc) is 3.72. The van der Waals surface area contributed by atoms with Gasteiger partial charge in [-0.2, -0.15) is 12.1 Å². The van der Waals surface area contributed by atoms with Crippen LogP contribution in [-0.4, -0.2) is 9.52 Å². The predicted octanol–water partition coefficient (Wildman–Crippen LogP) is 14.9. The second-order valence-electron chi connectivity index (χ2n) is 15.9. The van der Waals surface area contributed by atoms with Crippen molar-refractivity contribution >= 4 is 31.1 Å². The molecule has 0 aromatic heterocycles. The Morgan fingerprint density at radius 2 is 0.840 bits per heavy atom. The van der Waals surface area contributed by atoms with Crippen LogP contribution in [0.25, 0.3) is 43.8 Å². The van der Waals surface area contributed by atoms with Crippen molar-refractivity contribution < 1.29 is 25.8 Å². The van der Waals surface area contributed by atoms with Gasteiger partial charge < -0.3 is 0 Å². The minimum absolute atomic E-state index is 0. The Hall–Kier alpha value is -2.81. The Kier molecular flexibility index (Phi) is 15.1. The zero-order chi connectivity index (χ0) is 35.9. The van der Waals surface area contributed by atoms with E-state index in [0.717, 1.165) is 9.52 Å². The molecule has 0 aliphatic carbocycles. The smallest absolute Gasteiger partial charge is 0.0307 e. The largest absolute Gasteiger partial charge is 0.164 e. The van der Waals surface area contributed by atoms with Crippen LogP contribution in [0.2, 0.25) is 13.1 Å². The Labute approximate surface area is 326 Å². The number of rotatable bonds is 6. The molecule has 0 saturated carbocycles. The third kappa shape index (κ3) is 9.74. The molecule has 0 N–H and O–H groups in total. The third-order valence-corrected chi connectivity index (χ3v) is 9.96. The molecule has 0 aliphatic heterocycles. The summed E-state index contributed by atoms with van der Waals surface area (Å²) >= 11 is 0. The van der Waals surface area contributed by atoms with Gasteiger partial charge in [0.15, 0.2) is 0 Å². The van der Waals surface area contributed by atoms with E-state index in [-0.39, 0.29) is 36.7 Å². The van der Waals surface area contributed by atoms with Crippen LogP contribution in [0.5, 0.6) is 0 Å². The Bertz CT molecular complexity index is 1800. The van der Waals surface area contributed by atoms with Gasteiger partial charge in [-0.25, -0.2) is 0 Å². The Morgan fingerprint density at radius 1 is 0.520 bits per heavy atom. The van der Waals surface area contributed by atoms with Gasteiger partial charge in [0, 0.05) is 35.4 Å². The summed E-state index contributed by atoms with van der Waals surface area (Å²) in [6, 6.07) is 40.6. The van der Waals surface area contributed by atoms with Gasteiger partial charge in [-0.3, -0.25) is 0 Å². The van der Waals surface area contributed by atoms with Crippen LogP contribution < -0.4 is 0 Å². The van der Waals surface area contributed by atoms with Crippen LogP contribution in [0.4, 0.5) is 0 Å². The van der Waals surface area contributed by atoms with Gasteiger partial charge in [-0.05, 0) is 44.9 Å². The van der Waals surface area contributed by atoms with Gasteiger partial charge in [0.1, 0.15) is 0 Å². The number of hydrogen-bond donors (Lipinski definition) is 0. The quantitative estimate of drug-likeness (QED) is 0.116. The van der Waals surface area contributed by atoms with E-state index in [9.17, 15) is 0 Å². The van der Waals surface area contributed by atoms with E-state index < -0.39 is 0 Å². The van der Waals surface area contributed by atoms with Crippen molar-refractivity contribution in [2.24, 2.45) is 0 Å². The summed E-state index contributed by atoms with van der Waals surface area (Å²) in [5.41, 5.74) is 11.5. The fourth-order valence-electron chi connectivity index (χ4n) is 6.77. The Balaban J connectivity index is 0.000000246. The minimum atomic E-state index is 0. The second-order valence-corrected chi connectivity index (χ2v) is 16.9. The van der Waals surface area contributed by atoms with Crippen molar-refractivity contribution in [2.45, 2.75) is 118 Å². The summed E-state index contributed by atoms with van der Waals surface area (Å²) in [6.07, 6.45) is 2.37. The Morgan fingerprint density at radius 3 is 1.16 bits per heavy atom. The summed E-state index contributed by atoms with van der Waals surface area (Å²) in [4.78, 5) is 0. The molecule has 2 unspecified atom stereocenters. The number of benzene rings is 4. The van der Waals surface area contributed by atoms with Crippen LogP contribution in [0.15, 0.2) is 109 Å². The molecule has 2 heteroatoms. The third-order valence-electron chi connectivity index (χ3n) is 9.96. The standard InChI is InChI=1S/2C23H27.C2H6Si.Hf/c2*1-6-16(2)18-14-17-10-9-12-19(21(17)15-18)20-11-7-8-13-22(20)23(3,4)5;1-3-2;/h2*7-16H,6H2,1-5H3;1-2H3;/q2*-1;;. The normalized spacial score (nSPS) is 12.7. The molecule has 0 saturated heterocycles. The van der Waals surface area contributed by atoms with Crippen molar-refractivity contribution in [3.8, 4) is 22.3 Å². The fourth-order valence-corrected chi connectivity index (χ4v) is 6.77. The topological polar surface area (TPSA) is 0 Å². The summed E-state index contributed by atoms with van der Waals surface area (Å²) in [6.45, 7) is 27.2.